The van der Waals surface area contributed by atoms with Gasteiger partial charge in [0.05, 0.1) is 30.5 Å². The van der Waals surface area contributed by atoms with Gasteiger partial charge in [0.25, 0.3) is 0 Å². The predicted molar refractivity (Wildman–Crippen MR) is 119 cm³/mol. The first-order valence-electron chi connectivity index (χ1n) is 15.0. The first-order chi connectivity index (χ1) is 19.1. The van der Waals surface area contributed by atoms with Crippen molar-refractivity contribution >= 4 is 28.1 Å². The van der Waals surface area contributed by atoms with Gasteiger partial charge in [0.1, 0.15) is 0 Å². The molecule has 4 N–H and O–H groups in total. The Morgan fingerprint density at radius 1 is 1.38 bits per heavy atom. The lowest BCUT2D eigenvalue weighted by Crippen LogP contribution is -2.14. The van der Waals surface area contributed by atoms with Crippen molar-refractivity contribution in [3.05, 3.63) is 76.1 Å². The molecule has 2 aromatic carbocycles. The normalized spacial score (nSPS) is 20.4. The molecule has 0 saturated heterocycles. The number of carbonyl (C=O) groups excluding carboxylic acids is 1. The monoisotopic (exact) mass is 422 g/mol. The van der Waals surface area contributed by atoms with Gasteiger partial charge in [-0.25, -0.2) is 4.98 Å². The maximum Gasteiger partial charge on any atom is 0.230 e. The SMILES string of the molecule is [2H]c1c([2H])c(C)c([2H])c([C@@]([2H])(O)C([2H])([2H])CC([2H])([2H])Cc2c([2H])c([2H])c(NC(=O)Cc3csc(N)n3)c([2H])c2[2H])c1[2H]. The van der Waals surface area contributed by atoms with Gasteiger partial charge < -0.3 is 16.2 Å². The Morgan fingerprint density at radius 2 is 2.17 bits per heavy atom. The van der Waals surface area contributed by atoms with E-state index in [1.54, 1.807) is 5.38 Å². The van der Waals surface area contributed by atoms with E-state index in [-0.39, 0.29) is 17.1 Å². The Kier molecular flexibility index (Phi) is 3.47. The molecule has 3 rings (SSSR count). The summed E-state index contributed by atoms with van der Waals surface area (Å²) < 4.78 is 107. The summed E-state index contributed by atoms with van der Waals surface area (Å²) >= 11 is 1.11. The summed E-state index contributed by atoms with van der Waals surface area (Å²) in [5.74, 6) is -0.695. The molecule has 0 aliphatic rings. The second-order valence-corrected chi connectivity index (χ2v) is 6.77. The maximum absolute atomic E-state index is 12.4. The zero-order valence-corrected chi connectivity index (χ0v) is 16.3. The number of nitrogen functional groups attached to an aromatic ring is 1. The first kappa shape index (κ1) is 9.87. The van der Waals surface area contributed by atoms with E-state index in [0.29, 0.717) is 5.69 Å². The third-order valence-corrected chi connectivity index (χ3v) is 4.24. The van der Waals surface area contributed by atoms with Crippen LogP contribution in [0.15, 0.2) is 53.7 Å². The van der Waals surface area contributed by atoms with Gasteiger partial charge in [-0.05, 0) is 49.3 Å². The highest BCUT2D eigenvalue weighted by Gasteiger charge is 2.08. The lowest BCUT2D eigenvalue weighted by Gasteiger charge is -2.11. The molecule has 0 fully saturated rings. The Hall–Kier alpha value is -2.70. The second kappa shape index (κ2) is 10.2. The smallest absolute Gasteiger partial charge is 0.230 e. The van der Waals surface area contributed by atoms with Crippen LogP contribution in [0.4, 0.5) is 10.8 Å². The molecule has 1 amide bonds. The molecule has 5 nitrogen and oxygen atoms in total. The van der Waals surface area contributed by atoms with Crippen LogP contribution in [0.3, 0.4) is 0 Å². The predicted octanol–water partition coefficient (Wildman–Crippen LogP) is 4.66. The summed E-state index contributed by atoms with van der Waals surface area (Å²) in [6, 6.07) is -5.63. The number of rotatable bonds is 9. The lowest BCUT2D eigenvalue weighted by molar-refractivity contribution is -0.115. The summed E-state index contributed by atoms with van der Waals surface area (Å²) in [6.07, 6.45) is -11.7. The van der Waals surface area contributed by atoms with Crippen molar-refractivity contribution in [3.8, 4) is 0 Å². The van der Waals surface area contributed by atoms with Crippen molar-refractivity contribution in [2.75, 3.05) is 11.1 Å². The van der Waals surface area contributed by atoms with Crippen LogP contribution in [0.1, 0.15) is 65.5 Å². The average Bonchev–Trinajstić information content (AvgIpc) is 3.28. The van der Waals surface area contributed by atoms with E-state index in [9.17, 15) is 9.90 Å². The van der Waals surface area contributed by atoms with E-state index >= 15 is 0 Å². The number of aromatic nitrogens is 1. The molecule has 3 aromatic rings. The minimum atomic E-state index is -3.41. The highest BCUT2D eigenvalue weighted by Crippen LogP contribution is 2.21. The van der Waals surface area contributed by atoms with Crippen LogP contribution in [-0.2, 0) is 17.6 Å². The van der Waals surface area contributed by atoms with Crippen LogP contribution < -0.4 is 11.1 Å². The van der Waals surface area contributed by atoms with E-state index in [2.05, 4.69) is 10.3 Å². The zero-order valence-electron chi connectivity index (χ0n) is 28.5. The molecular weight excluding hydrogens is 382 g/mol. The van der Waals surface area contributed by atoms with Crippen LogP contribution in [0.2, 0.25) is 0 Å². The highest BCUT2D eigenvalue weighted by atomic mass is 32.1. The number of aliphatic hydroxyl groups is 1. The molecule has 29 heavy (non-hydrogen) atoms. The largest absolute Gasteiger partial charge is 0.388 e. The molecule has 0 spiro atoms. The van der Waals surface area contributed by atoms with Crippen molar-refractivity contribution in [1.82, 2.24) is 4.98 Å². The van der Waals surface area contributed by atoms with Crippen LogP contribution in [0, 0.1) is 6.92 Å². The van der Waals surface area contributed by atoms with Gasteiger partial charge in [-0.1, -0.05) is 48.2 Å². The topological polar surface area (TPSA) is 88.2 Å². The maximum atomic E-state index is 12.4. The fourth-order valence-corrected chi connectivity index (χ4v) is 2.78. The fourth-order valence-electron chi connectivity index (χ4n) is 2.22. The third kappa shape index (κ3) is 6.69. The minimum absolute atomic E-state index is 0.179. The Bertz CT molecular complexity index is 1500. The van der Waals surface area contributed by atoms with Gasteiger partial charge in [0.2, 0.25) is 5.91 Å². The molecule has 0 aliphatic carbocycles. The van der Waals surface area contributed by atoms with Crippen molar-refractivity contribution in [2.24, 2.45) is 0 Å². The summed E-state index contributed by atoms with van der Waals surface area (Å²) in [6.45, 7) is 1.24. The minimum Gasteiger partial charge on any atom is -0.388 e. The molecule has 0 unspecified atom stereocenters. The van der Waals surface area contributed by atoms with E-state index in [0.717, 1.165) is 11.3 Å². The van der Waals surface area contributed by atoms with Gasteiger partial charge in [-0.15, -0.1) is 11.3 Å². The van der Waals surface area contributed by atoms with Gasteiger partial charge in [0, 0.05) is 16.6 Å². The molecule has 1 atom stereocenters. The van der Waals surface area contributed by atoms with E-state index in [1.165, 1.54) is 6.92 Å². The molecule has 152 valence electrons. The van der Waals surface area contributed by atoms with E-state index < -0.39 is 103 Å². The Balaban J connectivity index is 1.92. The van der Waals surface area contributed by atoms with Crippen molar-refractivity contribution in [2.45, 2.75) is 45.0 Å². The number of nitrogens with two attached hydrogens (primary N) is 1. The van der Waals surface area contributed by atoms with Crippen molar-refractivity contribution < 1.29 is 27.7 Å². The molecule has 6 heteroatoms. The number of benzene rings is 2. The second-order valence-electron chi connectivity index (χ2n) is 5.88. The summed E-state index contributed by atoms with van der Waals surface area (Å²) in [5, 5.41) is 15.0. The summed E-state index contributed by atoms with van der Waals surface area (Å²) in [7, 11) is 0. The number of amides is 1. The fraction of sp³-hybridized carbons (Fsp3) is 0.304. The van der Waals surface area contributed by atoms with Gasteiger partial charge in [0.15, 0.2) is 5.13 Å². The van der Waals surface area contributed by atoms with E-state index in [1.807, 2.05) is 0 Å². The third-order valence-electron chi connectivity index (χ3n) is 3.52. The first-order valence-corrected chi connectivity index (χ1v) is 9.39. The van der Waals surface area contributed by atoms with Crippen LogP contribution in [-0.4, -0.2) is 16.0 Å². The van der Waals surface area contributed by atoms with Crippen molar-refractivity contribution in [1.29, 1.82) is 0 Å². The number of nitrogens with one attached hydrogen (secondary N) is 1. The molecule has 1 heterocycles. The summed E-state index contributed by atoms with van der Waals surface area (Å²) in [5.41, 5.74) is 3.88. The number of carbonyl (C=O) groups is 1. The molecule has 0 bridgehead atoms. The Labute approximate surface area is 193 Å². The van der Waals surface area contributed by atoms with Crippen LogP contribution >= 0.6 is 11.3 Å². The van der Waals surface area contributed by atoms with Crippen LogP contribution in [0.5, 0.6) is 0 Å². The standard InChI is InChI=1S/C23H27N3O2S/c1-16-5-4-7-18(13-16)21(27)8-3-2-6-17-9-11-19(12-10-17)25-22(28)14-20-15-29-23(24)26-20/h4-5,7,9-13,15,21,27H,2-3,6,8,14H2,1H3,(H2,24,26)(H,25,28)/t21-/m0/s1/i2D2,4D,5D,7D,8D2,9D,10D,11D,12D,13D,21D. The quantitative estimate of drug-likeness (QED) is 0.468. The van der Waals surface area contributed by atoms with E-state index in [4.69, 9.17) is 23.6 Å². The molecular formula is C23H27N3O2S. The van der Waals surface area contributed by atoms with Gasteiger partial charge >= 0.3 is 0 Å². The van der Waals surface area contributed by atoms with Crippen molar-refractivity contribution in [3.63, 3.8) is 0 Å². The lowest BCUT2D eigenvalue weighted by atomic mass is 10.00. The number of anilines is 2. The summed E-state index contributed by atoms with van der Waals surface area (Å²) in [4.78, 5) is 16.4. The average molecular weight is 423 g/mol. The number of nitrogens with zero attached hydrogens (tertiary/aromatic N) is 1. The molecule has 0 saturated carbocycles. The molecule has 1 aromatic heterocycles. The molecule has 0 aliphatic heterocycles. The van der Waals surface area contributed by atoms with Crippen LogP contribution in [0.25, 0.3) is 0 Å². The molecule has 0 radical (unpaired) electrons. The van der Waals surface area contributed by atoms with Gasteiger partial charge in [-0.2, -0.15) is 0 Å². The Morgan fingerprint density at radius 3 is 2.90 bits per heavy atom. The number of thiazole rings is 1. The van der Waals surface area contributed by atoms with Gasteiger partial charge in [-0.3, -0.25) is 4.79 Å². The highest BCUT2D eigenvalue weighted by molar-refractivity contribution is 7.13. The zero-order chi connectivity index (χ0) is 32.1. The number of hydrogen-bond acceptors (Lipinski definition) is 5. The number of hydrogen-bond donors (Lipinski definition) is 3.